The van der Waals surface area contributed by atoms with Crippen molar-refractivity contribution in [3.05, 3.63) is 19.2 Å². The second-order valence-electron chi connectivity index (χ2n) is 5.06. The summed E-state index contributed by atoms with van der Waals surface area (Å²) in [7, 11) is 0. The molecule has 1 aromatic heterocycles. The van der Waals surface area contributed by atoms with Gasteiger partial charge in [-0.2, -0.15) is 0 Å². The summed E-state index contributed by atoms with van der Waals surface area (Å²) in [6.07, 6.45) is 1.15. The summed E-state index contributed by atoms with van der Waals surface area (Å²) in [5, 5.41) is 6.94. The number of thiophene rings is 1. The average molecular weight is 384 g/mol. The van der Waals surface area contributed by atoms with E-state index in [-0.39, 0.29) is 5.54 Å². The van der Waals surface area contributed by atoms with E-state index in [1.807, 2.05) is 0 Å². The third-order valence-electron chi connectivity index (χ3n) is 2.23. The fourth-order valence-electron chi connectivity index (χ4n) is 1.39. The summed E-state index contributed by atoms with van der Waals surface area (Å²) in [6, 6.07) is 2.16. The van der Waals surface area contributed by atoms with Crippen LogP contribution in [0.1, 0.15) is 32.8 Å². The molecule has 0 bridgehead atoms. The van der Waals surface area contributed by atoms with Crippen molar-refractivity contribution < 1.29 is 0 Å². The van der Waals surface area contributed by atoms with E-state index in [1.165, 1.54) is 13.1 Å². The number of halogens is 2. The van der Waals surface area contributed by atoms with Crippen LogP contribution in [0.25, 0.3) is 0 Å². The van der Waals surface area contributed by atoms with Gasteiger partial charge in [0.1, 0.15) is 0 Å². The van der Waals surface area contributed by atoms with Crippen molar-refractivity contribution >= 4 is 43.2 Å². The van der Waals surface area contributed by atoms with Gasteiger partial charge in [0.15, 0.2) is 0 Å². The Morgan fingerprint density at radius 3 is 2.47 bits per heavy atom. The van der Waals surface area contributed by atoms with Crippen LogP contribution in [-0.4, -0.2) is 18.6 Å². The molecule has 17 heavy (non-hydrogen) atoms. The van der Waals surface area contributed by atoms with Gasteiger partial charge in [-0.05, 0) is 83.8 Å². The first kappa shape index (κ1) is 15.6. The second-order valence-corrected chi connectivity index (χ2v) is 8.81. The van der Waals surface area contributed by atoms with Gasteiger partial charge in [-0.1, -0.05) is 0 Å². The molecule has 0 saturated heterocycles. The molecule has 0 amide bonds. The van der Waals surface area contributed by atoms with Crippen molar-refractivity contribution in [2.24, 2.45) is 0 Å². The van der Waals surface area contributed by atoms with Crippen LogP contribution in [-0.2, 0) is 6.54 Å². The van der Waals surface area contributed by atoms with Crippen LogP contribution >= 0.6 is 43.2 Å². The van der Waals surface area contributed by atoms with Gasteiger partial charge in [-0.3, -0.25) is 0 Å². The molecule has 0 fully saturated rings. The highest BCUT2D eigenvalue weighted by Gasteiger charge is 2.07. The topological polar surface area (TPSA) is 24.1 Å². The van der Waals surface area contributed by atoms with Crippen LogP contribution in [0.15, 0.2) is 13.6 Å². The fraction of sp³-hybridized carbons (Fsp3) is 0.667. The van der Waals surface area contributed by atoms with Crippen LogP contribution in [0.5, 0.6) is 0 Å². The fourth-order valence-corrected chi connectivity index (χ4v) is 4.22. The predicted molar refractivity (Wildman–Crippen MR) is 83.8 cm³/mol. The van der Waals surface area contributed by atoms with Crippen LogP contribution in [0, 0.1) is 0 Å². The smallest absolute Gasteiger partial charge is 0.0755 e. The largest absolute Gasteiger partial charge is 0.313 e. The summed E-state index contributed by atoms with van der Waals surface area (Å²) in [4.78, 5) is 0. The van der Waals surface area contributed by atoms with Gasteiger partial charge in [-0.25, -0.2) is 0 Å². The number of rotatable bonds is 6. The molecule has 0 aliphatic heterocycles. The zero-order valence-electron chi connectivity index (χ0n) is 10.6. The lowest BCUT2D eigenvalue weighted by molar-refractivity contribution is 0.418. The van der Waals surface area contributed by atoms with Gasteiger partial charge < -0.3 is 10.6 Å². The minimum Gasteiger partial charge on any atom is -0.313 e. The molecule has 0 aliphatic rings. The SMILES string of the molecule is CC(C)(C)NCCCNCc1cc(Br)sc1Br. The third-order valence-corrected chi connectivity index (χ3v) is 4.69. The molecule has 1 aromatic rings. The van der Waals surface area contributed by atoms with E-state index in [0.29, 0.717) is 0 Å². The molecule has 0 atom stereocenters. The zero-order valence-corrected chi connectivity index (χ0v) is 14.6. The van der Waals surface area contributed by atoms with Gasteiger partial charge in [-0.15, -0.1) is 11.3 Å². The van der Waals surface area contributed by atoms with E-state index in [9.17, 15) is 0 Å². The van der Waals surface area contributed by atoms with E-state index in [4.69, 9.17) is 0 Å². The summed E-state index contributed by atoms with van der Waals surface area (Å²) in [6.45, 7) is 9.62. The summed E-state index contributed by atoms with van der Waals surface area (Å²) < 4.78 is 2.39. The molecule has 0 radical (unpaired) electrons. The van der Waals surface area contributed by atoms with Crippen molar-refractivity contribution in [2.75, 3.05) is 13.1 Å². The van der Waals surface area contributed by atoms with Crippen LogP contribution in [0.2, 0.25) is 0 Å². The predicted octanol–water partition coefficient (Wildman–Crippen LogP) is 4.14. The lowest BCUT2D eigenvalue weighted by Gasteiger charge is -2.20. The van der Waals surface area contributed by atoms with E-state index >= 15 is 0 Å². The van der Waals surface area contributed by atoms with E-state index in [2.05, 4.69) is 69.3 Å². The summed E-state index contributed by atoms with van der Waals surface area (Å²) >= 11 is 8.77. The quantitative estimate of drug-likeness (QED) is 0.721. The molecule has 98 valence electrons. The molecule has 1 heterocycles. The number of hydrogen-bond acceptors (Lipinski definition) is 3. The van der Waals surface area contributed by atoms with E-state index < -0.39 is 0 Å². The van der Waals surface area contributed by atoms with Crippen LogP contribution < -0.4 is 10.6 Å². The molecule has 1 rings (SSSR count). The monoisotopic (exact) mass is 382 g/mol. The molecule has 2 N–H and O–H groups in total. The molecule has 5 heteroatoms. The summed E-state index contributed by atoms with van der Waals surface area (Å²) in [5.41, 5.74) is 1.55. The van der Waals surface area contributed by atoms with Crippen molar-refractivity contribution in [1.29, 1.82) is 0 Å². The molecule has 0 unspecified atom stereocenters. The normalized spacial score (nSPS) is 12.1. The first-order valence-electron chi connectivity index (χ1n) is 5.78. The first-order valence-corrected chi connectivity index (χ1v) is 8.18. The number of nitrogens with one attached hydrogen (secondary N) is 2. The van der Waals surface area contributed by atoms with Gasteiger partial charge in [0.05, 0.1) is 7.57 Å². The second kappa shape index (κ2) is 7.24. The lowest BCUT2D eigenvalue weighted by Crippen LogP contribution is -2.37. The standard InChI is InChI=1S/C12H20Br2N2S/c1-12(2,3)16-6-4-5-15-8-9-7-10(13)17-11(9)14/h7,15-16H,4-6,8H2,1-3H3. The van der Waals surface area contributed by atoms with Gasteiger partial charge in [0, 0.05) is 12.1 Å². The van der Waals surface area contributed by atoms with Crippen molar-refractivity contribution in [3.63, 3.8) is 0 Å². The molecule has 0 saturated carbocycles. The molecule has 0 spiro atoms. The highest BCUT2D eigenvalue weighted by Crippen LogP contribution is 2.31. The Labute approximate surface area is 125 Å². The molecule has 0 aromatic carbocycles. The minimum absolute atomic E-state index is 0.223. The van der Waals surface area contributed by atoms with Gasteiger partial charge in [0.2, 0.25) is 0 Å². The van der Waals surface area contributed by atoms with Gasteiger partial charge >= 0.3 is 0 Å². The molecule has 0 aliphatic carbocycles. The van der Waals surface area contributed by atoms with Crippen molar-refractivity contribution in [3.8, 4) is 0 Å². The average Bonchev–Trinajstić information content (AvgIpc) is 2.49. The Kier molecular flexibility index (Phi) is 6.66. The highest BCUT2D eigenvalue weighted by molar-refractivity contribution is 9.12. The Balaban J connectivity index is 2.11. The van der Waals surface area contributed by atoms with Crippen molar-refractivity contribution in [1.82, 2.24) is 10.6 Å². The molecular weight excluding hydrogens is 364 g/mol. The summed E-state index contributed by atoms with van der Waals surface area (Å²) in [5.74, 6) is 0. The zero-order chi connectivity index (χ0) is 12.9. The Morgan fingerprint density at radius 2 is 1.94 bits per heavy atom. The maximum absolute atomic E-state index is 3.56. The van der Waals surface area contributed by atoms with Crippen LogP contribution in [0.3, 0.4) is 0 Å². The van der Waals surface area contributed by atoms with Gasteiger partial charge in [0.25, 0.3) is 0 Å². The first-order chi connectivity index (χ1) is 7.88. The van der Waals surface area contributed by atoms with Crippen molar-refractivity contribution in [2.45, 2.75) is 39.3 Å². The molecular formula is C12H20Br2N2S. The highest BCUT2D eigenvalue weighted by atomic mass is 79.9. The third kappa shape index (κ3) is 6.91. The Hall–Kier alpha value is 0.580. The maximum Gasteiger partial charge on any atom is 0.0755 e. The Morgan fingerprint density at radius 1 is 1.24 bits per heavy atom. The van der Waals surface area contributed by atoms with E-state index in [1.54, 1.807) is 11.3 Å². The maximum atomic E-state index is 3.56. The van der Waals surface area contributed by atoms with Crippen LogP contribution in [0.4, 0.5) is 0 Å². The Bertz CT molecular complexity index is 345. The number of hydrogen-bond donors (Lipinski definition) is 2. The lowest BCUT2D eigenvalue weighted by atomic mass is 10.1. The minimum atomic E-state index is 0.223. The van der Waals surface area contributed by atoms with E-state index in [0.717, 1.165) is 26.1 Å². The molecule has 2 nitrogen and oxygen atoms in total.